The second kappa shape index (κ2) is 5.51. The zero-order chi connectivity index (χ0) is 13.0. The summed E-state index contributed by atoms with van der Waals surface area (Å²) in [6, 6.07) is 14.1. The van der Waals surface area contributed by atoms with Crippen molar-refractivity contribution in [2.45, 2.75) is 12.8 Å². The van der Waals surface area contributed by atoms with E-state index in [-0.39, 0.29) is 5.91 Å². The van der Waals surface area contributed by atoms with Gasteiger partial charge in [0.25, 0.3) is 5.91 Å². The van der Waals surface area contributed by atoms with Crippen LogP contribution in [0.2, 0.25) is 0 Å². The normalized spacial score (nSPS) is 10.3. The Balaban J connectivity index is 2.07. The molecule has 1 amide bonds. The molecule has 3 N–H and O–H groups in total. The standard InChI is InChI=1S/C14H17N3O/c1-17-12(9-10-13(17)14(18)16-15)8-7-11-5-3-2-4-6-11/h2-6,9-10H,7-8,15H2,1H3,(H,16,18). The minimum atomic E-state index is -0.261. The Morgan fingerprint density at radius 3 is 2.56 bits per heavy atom. The van der Waals surface area contributed by atoms with Crippen LogP contribution in [0.1, 0.15) is 21.7 Å². The van der Waals surface area contributed by atoms with Crippen molar-refractivity contribution < 1.29 is 4.79 Å². The lowest BCUT2D eigenvalue weighted by Gasteiger charge is -2.07. The van der Waals surface area contributed by atoms with Gasteiger partial charge < -0.3 is 4.57 Å². The first-order valence-corrected chi connectivity index (χ1v) is 5.92. The third kappa shape index (κ3) is 2.60. The maximum absolute atomic E-state index is 11.5. The predicted molar refractivity (Wildman–Crippen MR) is 70.9 cm³/mol. The van der Waals surface area contributed by atoms with Crippen LogP contribution in [0.25, 0.3) is 0 Å². The number of carbonyl (C=O) groups is 1. The first-order valence-electron chi connectivity index (χ1n) is 5.92. The number of carbonyl (C=O) groups excluding carboxylic acids is 1. The van der Waals surface area contributed by atoms with Crippen LogP contribution < -0.4 is 11.3 Å². The van der Waals surface area contributed by atoms with Crippen molar-refractivity contribution in [2.75, 3.05) is 0 Å². The highest BCUT2D eigenvalue weighted by Crippen LogP contribution is 2.11. The van der Waals surface area contributed by atoms with Gasteiger partial charge in [0.1, 0.15) is 5.69 Å². The SMILES string of the molecule is Cn1c(CCc2ccccc2)ccc1C(=O)NN. The Hall–Kier alpha value is -2.07. The number of nitrogens with zero attached hydrogens (tertiary/aromatic N) is 1. The van der Waals surface area contributed by atoms with Crippen molar-refractivity contribution in [1.29, 1.82) is 0 Å². The zero-order valence-corrected chi connectivity index (χ0v) is 10.4. The molecule has 0 aliphatic rings. The van der Waals surface area contributed by atoms with Crippen LogP contribution in [0.3, 0.4) is 0 Å². The van der Waals surface area contributed by atoms with Crippen LogP contribution in [-0.4, -0.2) is 10.5 Å². The summed E-state index contributed by atoms with van der Waals surface area (Å²) < 4.78 is 1.88. The van der Waals surface area contributed by atoms with Crippen molar-refractivity contribution in [3.05, 3.63) is 59.4 Å². The molecule has 0 aliphatic heterocycles. The highest BCUT2D eigenvalue weighted by atomic mass is 16.2. The molecule has 0 bridgehead atoms. The van der Waals surface area contributed by atoms with Gasteiger partial charge >= 0.3 is 0 Å². The highest BCUT2D eigenvalue weighted by Gasteiger charge is 2.10. The fraction of sp³-hybridized carbons (Fsp3) is 0.214. The minimum Gasteiger partial charge on any atom is -0.344 e. The average molecular weight is 243 g/mol. The third-order valence-corrected chi connectivity index (χ3v) is 3.10. The van der Waals surface area contributed by atoms with Crippen LogP contribution in [0.15, 0.2) is 42.5 Å². The lowest BCUT2D eigenvalue weighted by atomic mass is 10.1. The molecular formula is C14H17N3O. The number of nitrogens with two attached hydrogens (primary N) is 1. The van der Waals surface area contributed by atoms with Gasteiger partial charge in [-0.15, -0.1) is 0 Å². The molecule has 0 radical (unpaired) electrons. The van der Waals surface area contributed by atoms with Gasteiger partial charge in [0.05, 0.1) is 0 Å². The van der Waals surface area contributed by atoms with Crippen molar-refractivity contribution in [3.8, 4) is 0 Å². The number of amides is 1. The van der Waals surface area contributed by atoms with Crippen LogP contribution in [0.4, 0.5) is 0 Å². The number of hydrazine groups is 1. The maximum atomic E-state index is 11.5. The molecule has 4 nitrogen and oxygen atoms in total. The highest BCUT2D eigenvalue weighted by molar-refractivity contribution is 5.92. The summed E-state index contributed by atoms with van der Waals surface area (Å²) in [5, 5.41) is 0. The summed E-state index contributed by atoms with van der Waals surface area (Å²) in [5.74, 6) is 4.87. The largest absolute Gasteiger partial charge is 0.344 e. The molecule has 2 aromatic rings. The van der Waals surface area contributed by atoms with E-state index in [9.17, 15) is 4.79 Å². The Bertz CT molecular complexity index is 531. The van der Waals surface area contributed by atoms with E-state index in [1.54, 1.807) is 6.07 Å². The van der Waals surface area contributed by atoms with Gasteiger partial charge in [-0.3, -0.25) is 10.2 Å². The molecule has 0 saturated heterocycles. The summed E-state index contributed by atoms with van der Waals surface area (Å²) in [5.41, 5.74) is 5.15. The summed E-state index contributed by atoms with van der Waals surface area (Å²) in [6.45, 7) is 0. The van der Waals surface area contributed by atoms with Crippen LogP contribution in [-0.2, 0) is 19.9 Å². The molecule has 0 saturated carbocycles. The van der Waals surface area contributed by atoms with E-state index in [4.69, 9.17) is 5.84 Å². The van der Waals surface area contributed by atoms with E-state index in [2.05, 4.69) is 17.6 Å². The number of nitrogens with one attached hydrogen (secondary N) is 1. The van der Waals surface area contributed by atoms with Gasteiger partial charge in [-0.2, -0.15) is 0 Å². The van der Waals surface area contributed by atoms with Crippen molar-refractivity contribution in [3.63, 3.8) is 0 Å². The van der Waals surface area contributed by atoms with Crippen molar-refractivity contribution in [1.82, 2.24) is 9.99 Å². The number of rotatable bonds is 4. The first kappa shape index (κ1) is 12.4. The maximum Gasteiger partial charge on any atom is 0.281 e. The minimum absolute atomic E-state index is 0.261. The summed E-state index contributed by atoms with van der Waals surface area (Å²) in [7, 11) is 1.88. The Labute approximate surface area is 106 Å². The number of nitrogen functional groups attached to an aromatic ring is 1. The zero-order valence-electron chi connectivity index (χ0n) is 10.4. The quantitative estimate of drug-likeness (QED) is 0.484. The van der Waals surface area contributed by atoms with E-state index in [0.29, 0.717) is 5.69 Å². The first-order chi connectivity index (χ1) is 8.72. The van der Waals surface area contributed by atoms with E-state index < -0.39 is 0 Å². The van der Waals surface area contributed by atoms with E-state index in [1.807, 2.05) is 35.9 Å². The van der Waals surface area contributed by atoms with Gasteiger partial charge in [0.2, 0.25) is 0 Å². The van der Waals surface area contributed by atoms with E-state index >= 15 is 0 Å². The van der Waals surface area contributed by atoms with Gasteiger partial charge in [0, 0.05) is 12.7 Å². The summed E-state index contributed by atoms with van der Waals surface area (Å²) in [4.78, 5) is 11.5. The van der Waals surface area contributed by atoms with Gasteiger partial charge in [-0.1, -0.05) is 30.3 Å². The lowest BCUT2D eigenvalue weighted by Crippen LogP contribution is -2.31. The molecule has 2 rings (SSSR count). The van der Waals surface area contributed by atoms with E-state index in [0.717, 1.165) is 18.5 Å². The Morgan fingerprint density at radius 1 is 1.17 bits per heavy atom. The number of hydrogen-bond donors (Lipinski definition) is 2. The molecule has 1 heterocycles. The second-order valence-electron chi connectivity index (χ2n) is 4.23. The molecule has 0 atom stereocenters. The average Bonchev–Trinajstić information content (AvgIpc) is 2.78. The van der Waals surface area contributed by atoms with Crippen molar-refractivity contribution in [2.24, 2.45) is 12.9 Å². The number of aromatic nitrogens is 1. The fourth-order valence-electron chi connectivity index (χ4n) is 2.02. The predicted octanol–water partition coefficient (Wildman–Crippen LogP) is 1.41. The number of aryl methyl sites for hydroxylation is 2. The molecule has 0 fully saturated rings. The summed E-state index contributed by atoms with van der Waals surface area (Å²) in [6.07, 6.45) is 1.86. The van der Waals surface area contributed by atoms with Crippen LogP contribution >= 0.6 is 0 Å². The Kier molecular flexibility index (Phi) is 3.79. The second-order valence-corrected chi connectivity index (χ2v) is 4.23. The molecule has 4 heteroatoms. The van der Waals surface area contributed by atoms with E-state index in [1.165, 1.54) is 5.56 Å². The van der Waals surface area contributed by atoms with Gasteiger partial charge in [-0.25, -0.2) is 5.84 Å². The van der Waals surface area contributed by atoms with Gasteiger partial charge in [0.15, 0.2) is 0 Å². The molecule has 0 aliphatic carbocycles. The fourth-order valence-corrected chi connectivity index (χ4v) is 2.02. The smallest absolute Gasteiger partial charge is 0.281 e. The molecule has 0 spiro atoms. The number of benzene rings is 1. The Morgan fingerprint density at radius 2 is 1.89 bits per heavy atom. The molecule has 18 heavy (non-hydrogen) atoms. The lowest BCUT2D eigenvalue weighted by molar-refractivity contribution is 0.0945. The van der Waals surface area contributed by atoms with Crippen LogP contribution in [0, 0.1) is 0 Å². The number of hydrogen-bond acceptors (Lipinski definition) is 2. The summed E-state index contributed by atoms with van der Waals surface area (Å²) >= 11 is 0. The molecule has 1 aromatic heterocycles. The molecule has 1 aromatic carbocycles. The topological polar surface area (TPSA) is 60.0 Å². The monoisotopic (exact) mass is 243 g/mol. The van der Waals surface area contributed by atoms with Gasteiger partial charge in [-0.05, 0) is 30.5 Å². The molecule has 94 valence electrons. The van der Waals surface area contributed by atoms with Crippen molar-refractivity contribution >= 4 is 5.91 Å². The molecular weight excluding hydrogens is 226 g/mol. The molecule has 0 unspecified atom stereocenters. The third-order valence-electron chi connectivity index (χ3n) is 3.10. The van der Waals surface area contributed by atoms with Crippen LogP contribution in [0.5, 0.6) is 0 Å².